The number of hydrogen-bond acceptors (Lipinski definition) is 2. The average Bonchev–Trinajstić information content (AvgIpc) is 2.81. The first kappa shape index (κ1) is 15.0. The van der Waals surface area contributed by atoms with E-state index < -0.39 is 0 Å². The Morgan fingerprint density at radius 1 is 1.32 bits per heavy atom. The minimum absolute atomic E-state index is 0.356. The number of rotatable bonds is 6. The predicted molar refractivity (Wildman–Crippen MR) is 88.2 cm³/mol. The normalized spacial score (nSPS) is 12.6. The Bertz CT molecular complexity index is 526. The van der Waals surface area contributed by atoms with Gasteiger partial charge in [-0.2, -0.15) is 0 Å². The van der Waals surface area contributed by atoms with Crippen molar-refractivity contribution in [1.82, 2.24) is 5.32 Å². The molecular formula is C15H17BrClNS. The third-order valence-electron chi connectivity index (χ3n) is 2.91. The fraction of sp³-hybridized carbons (Fsp3) is 0.333. The van der Waals surface area contributed by atoms with E-state index in [1.54, 1.807) is 11.3 Å². The van der Waals surface area contributed by atoms with Gasteiger partial charge in [0, 0.05) is 15.9 Å². The van der Waals surface area contributed by atoms with Gasteiger partial charge >= 0.3 is 0 Å². The van der Waals surface area contributed by atoms with E-state index in [0.717, 1.165) is 24.4 Å². The average molecular weight is 359 g/mol. The van der Waals surface area contributed by atoms with Crippen LogP contribution in [0.15, 0.2) is 40.2 Å². The summed E-state index contributed by atoms with van der Waals surface area (Å²) in [7, 11) is 0. The summed E-state index contributed by atoms with van der Waals surface area (Å²) in [4.78, 5) is 1.36. The summed E-state index contributed by atoms with van der Waals surface area (Å²) in [6, 6.07) is 12.8. The van der Waals surface area contributed by atoms with Crippen LogP contribution >= 0.6 is 38.9 Å². The van der Waals surface area contributed by atoms with Gasteiger partial charge in [0.25, 0.3) is 0 Å². The number of nitrogens with one attached hydrogen (secondary N) is 1. The molecule has 0 saturated heterocycles. The fourth-order valence-electron chi connectivity index (χ4n) is 2.01. The molecule has 0 bridgehead atoms. The molecule has 1 heterocycles. The second-order valence-electron chi connectivity index (χ2n) is 4.48. The Balaban J connectivity index is 2.13. The molecule has 0 saturated carbocycles. The SMILES string of the molecule is CCCNC(Cc1cccc(Cl)c1)c1ccc(Br)s1. The molecule has 19 heavy (non-hydrogen) atoms. The monoisotopic (exact) mass is 357 g/mol. The molecule has 0 aliphatic rings. The molecule has 2 rings (SSSR count). The molecule has 0 amide bonds. The third-order valence-corrected chi connectivity index (χ3v) is 4.88. The van der Waals surface area contributed by atoms with Crippen LogP contribution in [-0.4, -0.2) is 6.54 Å². The lowest BCUT2D eigenvalue weighted by Gasteiger charge is -2.17. The maximum absolute atomic E-state index is 6.06. The highest BCUT2D eigenvalue weighted by Crippen LogP contribution is 2.29. The fourth-order valence-corrected chi connectivity index (χ4v) is 3.72. The molecule has 1 nitrogen and oxygen atoms in total. The Kier molecular flexibility index (Phi) is 5.89. The van der Waals surface area contributed by atoms with E-state index in [1.165, 1.54) is 14.2 Å². The van der Waals surface area contributed by atoms with Crippen LogP contribution in [-0.2, 0) is 6.42 Å². The number of halogens is 2. The minimum Gasteiger partial charge on any atom is -0.309 e. The van der Waals surface area contributed by atoms with Crippen molar-refractivity contribution in [3.05, 3.63) is 55.6 Å². The van der Waals surface area contributed by atoms with Gasteiger partial charge in [0.2, 0.25) is 0 Å². The summed E-state index contributed by atoms with van der Waals surface area (Å²) < 4.78 is 1.18. The standard InChI is InChI=1S/C15H17BrClNS/c1-2-8-18-13(14-6-7-15(16)19-14)10-11-4-3-5-12(17)9-11/h3-7,9,13,18H,2,8,10H2,1H3. The smallest absolute Gasteiger partial charge is 0.0701 e. The van der Waals surface area contributed by atoms with Crippen molar-refractivity contribution in [1.29, 1.82) is 0 Å². The second kappa shape index (κ2) is 7.44. The summed E-state index contributed by atoms with van der Waals surface area (Å²) in [5.41, 5.74) is 1.27. The number of hydrogen-bond donors (Lipinski definition) is 1. The van der Waals surface area contributed by atoms with Gasteiger partial charge < -0.3 is 5.32 Å². The van der Waals surface area contributed by atoms with Crippen LogP contribution < -0.4 is 5.32 Å². The molecule has 1 unspecified atom stereocenters. The quantitative estimate of drug-likeness (QED) is 0.724. The van der Waals surface area contributed by atoms with E-state index in [4.69, 9.17) is 11.6 Å². The van der Waals surface area contributed by atoms with Crippen LogP contribution in [0.1, 0.15) is 29.8 Å². The van der Waals surface area contributed by atoms with Gasteiger partial charge in [0.1, 0.15) is 0 Å². The highest BCUT2D eigenvalue weighted by atomic mass is 79.9. The molecule has 1 aromatic carbocycles. The van der Waals surface area contributed by atoms with E-state index in [1.807, 2.05) is 18.2 Å². The maximum Gasteiger partial charge on any atom is 0.0701 e. The van der Waals surface area contributed by atoms with Crippen molar-refractivity contribution in [3.8, 4) is 0 Å². The molecule has 1 N–H and O–H groups in total. The maximum atomic E-state index is 6.06. The Morgan fingerprint density at radius 2 is 2.16 bits per heavy atom. The highest BCUT2D eigenvalue weighted by molar-refractivity contribution is 9.11. The van der Waals surface area contributed by atoms with Crippen molar-refractivity contribution in [3.63, 3.8) is 0 Å². The molecule has 0 aliphatic carbocycles. The van der Waals surface area contributed by atoms with E-state index in [9.17, 15) is 0 Å². The Labute approximate surface area is 132 Å². The lowest BCUT2D eigenvalue weighted by atomic mass is 10.0. The second-order valence-corrected chi connectivity index (χ2v) is 7.41. The molecule has 0 aliphatic heterocycles. The zero-order valence-electron chi connectivity index (χ0n) is 10.8. The van der Waals surface area contributed by atoms with Gasteiger partial charge in [-0.3, -0.25) is 0 Å². The van der Waals surface area contributed by atoms with Crippen molar-refractivity contribution in [2.75, 3.05) is 6.54 Å². The molecular weight excluding hydrogens is 342 g/mol. The summed E-state index contributed by atoms with van der Waals surface area (Å²) in [6.07, 6.45) is 2.10. The van der Waals surface area contributed by atoms with Crippen LogP contribution in [0, 0.1) is 0 Å². The molecule has 102 valence electrons. The van der Waals surface area contributed by atoms with Crippen LogP contribution in [0.25, 0.3) is 0 Å². The van der Waals surface area contributed by atoms with Crippen molar-refractivity contribution >= 4 is 38.9 Å². The zero-order chi connectivity index (χ0) is 13.7. The van der Waals surface area contributed by atoms with Crippen LogP contribution in [0.4, 0.5) is 0 Å². The molecule has 1 atom stereocenters. The van der Waals surface area contributed by atoms with E-state index >= 15 is 0 Å². The van der Waals surface area contributed by atoms with E-state index in [0.29, 0.717) is 6.04 Å². The lowest BCUT2D eigenvalue weighted by molar-refractivity contribution is 0.536. The highest BCUT2D eigenvalue weighted by Gasteiger charge is 2.13. The molecule has 1 aromatic heterocycles. The molecule has 0 spiro atoms. The van der Waals surface area contributed by atoms with Crippen molar-refractivity contribution in [2.45, 2.75) is 25.8 Å². The summed E-state index contributed by atoms with van der Waals surface area (Å²) in [5, 5.41) is 4.42. The summed E-state index contributed by atoms with van der Waals surface area (Å²) in [6.45, 7) is 3.22. The van der Waals surface area contributed by atoms with Gasteiger partial charge in [-0.25, -0.2) is 0 Å². The summed E-state index contributed by atoms with van der Waals surface area (Å²) in [5.74, 6) is 0. The van der Waals surface area contributed by atoms with Crippen LogP contribution in [0.5, 0.6) is 0 Å². The van der Waals surface area contributed by atoms with Gasteiger partial charge in [0.15, 0.2) is 0 Å². The molecule has 0 radical (unpaired) electrons. The van der Waals surface area contributed by atoms with Crippen LogP contribution in [0.3, 0.4) is 0 Å². The first-order valence-electron chi connectivity index (χ1n) is 6.42. The largest absolute Gasteiger partial charge is 0.309 e. The zero-order valence-corrected chi connectivity index (χ0v) is 14.0. The number of benzene rings is 1. The van der Waals surface area contributed by atoms with Crippen molar-refractivity contribution < 1.29 is 0 Å². The van der Waals surface area contributed by atoms with Gasteiger partial charge in [-0.15, -0.1) is 11.3 Å². The molecule has 0 fully saturated rings. The molecule has 2 aromatic rings. The first-order chi connectivity index (χ1) is 9.19. The number of thiophene rings is 1. The van der Waals surface area contributed by atoms with Crippen LogP contribution in [0.2, 0.25) is 5.02 Å². The summed E-state index contributed by atoms with van der Waals surface area (Å²) >= 11 is 11.4. The molecule has 4 heteroatoms. The lowest BCUT2D eigenvalue weighted by Crippen LogP contribution is -2.23. The van der Waals surface area contributed by atoms with Gasteiger partial charge in [0.05, 0.1) is 3.79 Å². The topological polar surface area (TPSA) is 12.0 Å². The Hall–Kier alpha value is -0.350. The third kappa shape index (κ3) is 4.60. The van der Waals surface area contributed by atoms with Crippen molar-refractivity contribution in [2.24, 2.45) is 0 Å². The predicted octanol–water partition coefficient (Wildman–Crippen LogP) is 5.45. The van der Waals surface area contributed by atoms with Gasteiger partial charge in [-0.1, -0.05) is 30.7 Å². The Morgan fingerprint density at radius 3 is 2.79 bits per heavy atom. The first-order valence-corrected chi connectivity index (χ1v) is 8.41. The van der Waals surface area contributed by atoms with Gasteiger partial charge in [-0.05, 0) is 65.1 Å². The van der Waals surface area contributed by atoms with E-state index in [2.05, 4.69) is 46.4 Å². The van der Waals surface area contributed by atoms with E-state index in [-0.39, 0.29) is 0 Å². The minimum atomic E-state index is 0.356.